The number of amides is 3. The first-order valence-corrected chi connectivity index (χ1v) is 9.48. The number of methoxy groups -OCH3 is 2. The van der Waals surface area contributed by atoms with Gasteiger partial charge in [-0.15, -0.1) is 0 Å². The molecule has 0 bridgehead atoms. The van der Waals surface area contributed by atoms with E-state index in [0.29, 0.717) is 6.54 Å². The summed E-state index contributed by atoms with van der Waals surface area (Å²) in [5, 5.41) is 5.28. The minimum atomic E-state index is -0.657. The lowest BCUT2D eigenvalue weighted by atomic mass is 10.1. The number of esters is 2. The second-order valence-electron chi connectivity index (χ2n) is 6.65. The summed E-state index contributed by atoms with van der Waals surface area (Å²) in [7, 11) is 4.08. The van der Waals surface area contributed by atoms with E-state index in [9.17, 15) is 19.2 Å². The fraction of sp³-hybridized carbons (Fsp3) is 0.273. The molecular weight excluding hydrogens is 402 g/mol. The summed E-state index contributed by atoms with van der Waals surface area (Å²) in [6.45, 7) is 0.555. The molecule has 0 radical (unpaired) electrons. The summed E-state index contributed by atoms with van der Waals surface area (Å²) < 4.78 is 9.33. The number of nitrogens with one attached hydrogen (secondary N) is 2. The van der Waals surface area contributed by atoms with Gasteiger partial charge in [0.25, 0.3) is 0 Å². The van der Waals surface area contributed by atoms with Crippen molar-refractivity contribution < 1.29 is 28.7 Å². The van der Waals surface area contributed by atoms with Gasteiger partial charge in [-0.05, 0) is 23.8 Å². The molecule has 0 spiro atoms. The molecule has 0 atom stereocenters. The molecule has 0 saturated heterocycles. The van der Waals surface area contributed by atoms with Crippen LogP contribution in [-0.4, -0.2) is 56.6 Å². The third kappa shape index (κ3) is 7.14. The molecule has 2 rings (SSSR count). The lowest BCUT2D eigenvalue weighted by Gasteiger charge is -2.18. The molecule has 9 heteroatoms. The van der Waals surface area contributed by atoms with Crippen molar-refractivity contribution in [2.24, 2.45) is 0 Å². The zero-order chi connectivity index (χ0) is 22.8. The Bertz CT molecular complexity index is 911. The Hall–Kier alpha value is -3.88. The van der Waals surface area contributed by atoms with Gasteiger partial charge in [-0.1, -0.05) is 30.3 Å². The largest absolute Gasteiger partial charge is 0.465 e. The van der Waals surface area contributed by atoms with Gasteiger partial charge in [-0.2, -0.15) is 0 Å². The summed E-state index contributed by atoms with van der Waals surface area (Å²) in [5.74, 6) is -1.71. The fourth-order valence-electron chi connectivity index (χ4n) is 2.74. The van der Waals surface area contributed by atoms with E-state index in [1.807, 2.05) is 30.3 Å². The molecule has 164 valence electrons. The second kappa shape index (κ2) is 11.3. The molecule has 0 aliphatic carbocycles. The summed E-state index contributed by atoms with van der Waals surface area (Å²) in [6, 6.07) is 13.3. The van der Waals surface area contributed by atoms with Crippen molar-refractivity contribution in [2.75, 3.05) is 33.1 Å². The van der Waals surface area contributed by atoms with Gasteiger partial charge >= 0.3 is 18.0 Å². The SMILES string of the molecule is COC(=O)c1cc(NC(=O)CCNC(=O)N(C)Cc2ccccc2)cc(C(=O)OC)c1. The predicted octanol–water partition coefficient (Wildman–Crippen LogP) is 2.43. The highest BCUT2D eigenvalue weighted by atomic mass is 16.5. The molecule has 0 heterocycles. The van der Waals surface area contributed by atoms with Crippen LogP contribution in [0.1, 0.15) is 32.7 Å². The number of nitrogens with zero attached hydrogens (tertiary/aromatic N) is 1. The van der Waals surface area contributed by atoms with Crippen molar-refractivity contribution in [3.8, 4) is 0 Å². The van der Waals surface area contributed by atoms with Gasteiger partial charge in [0.15, 0.2) is 0 Å². The van der Waals surface area contributed by atoms with E-state index >= 15 is 0 Å². The molecule has 0 fully saturated rings. The van der Waals surface area contributed by atoms with Crippen LogP contribution in [0.25, 0.3) is 0 Å². The van der Waals surface area contributed by atoms with Gasteiger partial charge in [-0.25, -0.2) is 14.4 Å². The van der Waals surface area contributed by atoms with Crippen molar-refractivity contribution in [3.05, 3.63) is 65.2 Å². The average molecular weight is 427 g/mol. The van der Waals surface area contributed by atoms with E-state index in [0.717, 1.165) is 5.56 Å². The standard InChI is InChI=1S/C22H25N3O6/c1-25(14-15-7-5-4-6-8-15)22(29)23-10-9-19(26)24-18-12-16(20(27)30-2)11-17(13-18)21(28)31-3/h4-8,11-13H,9-10,14H2,1-3H3,(H,23,29)(H,24,26). The van der Waals surface area contributed by atoms with E-state index < -0.39 is 17.8 Å². The van der Waals surface area contributed by atoms with E-state index in [1.165, 1.54) is 37.3 Å². The third-order valence-electron chi connectivity index (χ3n) is 4.30. The first-order chi connectivity index (χ1) is 14.8. The van der Waals surface area contributed by atoms with E-state index in [4.69, 9.17) is 0 Å². The highest BCUT2D eigenvalue weighted by molar-refractivity contribution is 5.99. The quantitative estimate of drug-likeness (QED) is 0.626. The number of hydrogen-bond donors (Lipinski definition) is 2. The van der Waals surface area contributed by atoms with Crippen LogP contribution in [0.5, 0.6) is 0 Å². The number of anilines is 1. The van der Waals surface area contributed by atoms with E-state index in [1.54, 1.807) is 7.05 Å². The van der Waals surface area contributed by atoms with E-state index in [-0.39, 0.29) is 35.8 Å². The Morgan fingerprint density at radius 3 is 2.03 bits per heavy atom. The number of ether oxygens (including phenoxy) is 2. The minimum absolute atomic E-state index is 0.000919. The number of benzene rings is 2. The lowest BCUT2D eigenvalue weighted by molar-refractivity contribution is -0.116. The molecule has 9 nitrogen and oxygen atoms in total. The smallest absolute Gasteiger partial charge is 0.337 e. The van der Waals surface area contributed by atoms with Crippen LogP contribution in [0, 0.1) is 0 Å². The number of carbonyl (C=O) groups excluding carboxylic acids is 4. The Balaban J connectivity index is 1.91. The van der Waals surface area contributed by atoms with Crippen LogP contribution in [0.15, 0.2) is 48.5 Å². The second-order valence-corrected chi connectivity index (χ2v) is 6.65. The summed E-state index contributed by atoms with van der Waals surface area (Å²) in [5.41, 5.74) is 1.42. The summed E-state index contributed by atoms with van der Waals surface area (Å²) in [6.07, 6.45) is 0.000919. The Morgan fingerprint density at radius 2 is 1.48 bits per heavy atom. The Morgan fingerprint density at radius 1 is 0.903 bits per heavy atom. The zero-order valence-corrected chi connectivity index (χ0v) is 17.6. The molecule has 0 unspecified atom stereocenters. The number of hydrogen-bond acceptors (Lipinski definition) is 6. The molecule has 0 aliphatic rings. The van der Waals surface area contributed by atoms with Crippen LogP contribution >= 0.6 is 0 Å². The highest BCUT2D eigenvalue weighted by Crippen LogP contribution is 2.17. The maximum Gasteiger partial charge on any atom is 0.337 e. The lowest BCUT2D eigenvalue weighted by Crippen LogP contribution is -2.38. The van der Waals surface area contributed by atoms with Crippen molar-refractivity contribution in [1.82, 2.24) is 10.2 Å². The monoisotopic (exact) mass is 427 g/mol. The number of carbonyl (C=O) groups is 4. The zero-order valence-electron chi connectivity index (χ0n) is 17.6. The van der Waals surface area contributed by atoms with Crippen LogP contribution in [0.2, 0.25) is 0 Å². The normalized spacial score (nSPS) is 10.0. The van der Waals surface area contributed by atoms with Crippen LogP contribution in [0.4, 0.5) is 10.5 Å². The van der Waals surface area contributed by atoms with Crippen LogP contribution < -0.4 is 10.6 Å². The van der Waals surface area contributed by atoms with Crippen LogP contribution in [0.3, 0.4) is 0 Å². The minimum Gasteiger partial charge on any atom is -0.465 e. The molecule has 2 aromatic carbocycles. The fourth-order valence-corrected chi connectivity index (χ4v) is 2.74. The third-order valence-corrected chi connectivity index (χ3v) is 4.30. The van der Waals surface area contributed by atoms with Crippen molar-refractivity contribution in [2.45, 2.75) is 13.0 Å². The molecule has 0 aromatic heterocycles. The van der Waals surface area contributed by atoms with Gasteiger partial charge in [0.1, 0.15) is 0 Å². The van der Waals surface area contributed by atoms with Crippen molar-refractivity contribution >= 4 is 29.6 Å². The van der Waals surface area contributed by atoms with Gasteiger partial charge in [-0.3, -0.25) is 4.79 Å². The maximum atomic E-state index is 12.2. The Labute approximate surface area is 180 Å². The molecule has 0 aliphatic heterocycles. The highest BCUT2D eigenvalue weighted by Gasteiger charge is 2.15. The first kappa shape index (κ1) is 23.4. The molecule has 2 N–H and O–H groups in total. The first-order valence-electron chi connectivity index (χ1n) is 9.48. The van der Waals surface area contributed by atoms with E-state index in [2.05, 4.69) is 20.1 Å². The number of rotatable bonds is 8. The molecule has 0 saturated carbocycles. The summed E-state index contributed by atoms with van der Waals surface area (Å²) in [4.78, 5) is 49.6. The Kier molecular flexibility index (Phi) is 8.56. The molecule has 31 heavy (non-hydrogen) atoms. The summed E-state index contributed by atoms with van der Waals surface area (Å²) >= 11 is 0. The van der Waals surface area contributed by atoms with Crippen molar-refractivity contribution in [1.29, 1.82) is 0 Å². The number of urea groups is 1. The predicted molar refractivity (Wildman–Crippen MR) is 114 cm³/mol. The molecule has 2 aromatic rings. The maximum absolute atomic E-state index is 12.2. The van der Waals surface area contributed by atoms with Gasteiger partial charge < -0.3 is 25.0 Å². The topological polar surface area (TPSA) is 114 Å². The van der Waals surface area contributed by atoms with Gasteiger partial charge in [0, 0.05) is 32.2 Å². The van der Waals surface area contributed by atoms with Gasteiger partial charge in [0.05, 0.1) is 25.3 Å². The average Bonchev–Trinajstić information content (AvgIpc) is 2.78. The van der Waals surface area contributed by atoms with Crippen LogP contribution in [-0.2, 0) is 20.8 Å². The molecule has 3 amide bonds. The molecular formula is C22H25N3O6. The van der Waals surface area contributed by atoms with Gasteiger partial charge in [0.2, 0.25) is 5.91 Å². The van der Waals surface area contributed by atoms with Crippen molar-refractivity contribution in [3.63, 3.8) is 0 Å².